The zero-order chi connectivity index (χ0) is 16.0. The second-order valence-corrected chi connectivity index (χ2v) is 7.53. The van der Waals surface area contributed by atoms with Gasteiger partial charge in [-0.1, -0.05) is 20.8 Å². The number of carboxylic acid groups (broad SMARTS) is 1. The molecule has 1 unspecified atom stereocenters. The average molecular weight is 320 g/mol. The van der Waals surface area contributed by atoms with Crippen LogP contribution in [0.25, 0.3) is 10.2 Å². The number of hydrogen-bond donors (Lipinski definition) is 1. The summed E-state index contributed by atoms with van der Waals surface area (Å²) in [5.74, 6) is 0.190. The van der Waals surface area contributed by atoms with E-state index < -0.39 is 5.97 Å². The van der Waals surface area contributed by atoms with E-state index in [9.17, 15) is 9.59 Å². The van der Waals surface area contributed by atoms with Gasteiger partial charge in [0.1, 0.15) is 17.2 Å². The highest BCUT2D eigenvalue weighted by atomic mass is 32.1. The molecule has 3 rings (SSSR count). The molecule has 0 aliphatic heterocycles. The van der Waals surface area contributed by atoms with Crippen molar-refractivity contribution < 1.29 is 9.90 Å². The van der Waals surface area contributed by atoms with Gasteiger partial charge < -0.3 is 5.11 Å². The maximum absolute atomic E-state index is 12.9. The van der Waals surface area contributed by atoms with Crippen molar-refractivity contribution in [2.24, 2.45) is 5.92 Å². The van der Waals surface area contributed by atoms with Crippen molar-refractivity contribution in [3.8, 4) is 0 Å². The number of thiophene rings is 1. The standard InChI is InChI=1S/C16H20N2O3S/c1-8(2)14-17-15-13(16(21)18(14)7-12(19)20)10-5-4-9(3)6-11(10)22-15/h8-9H,4-7H2,1-3H3,(H,19,20). The molecular formula is C16H20N2O3S. The van der Waals surface area contributed by atoms with Crippen LogP contribution in [0.5, 0.6) is 0 Å². The average Bonchev–Trinajstić information content (AvgIpc) is 2.78. The van der Waals surface area contributed by atoms with Crippen molar-refractivity contribution in [1.82, 2.24) is 9.55 Å². The monoisotopic (exact) mass is 320 g/mol. The third-order valence-electron chi connectivity index (χ3n) is 4.25. The molecule has 22 heavy (non-hydrogen) atoms. The fourth-order valence-corrected chi connectivity index (χ4v) is 4.55. The molecule has 1 atom stereocenters. The highest BCUT2D eigenvalue weighted by Crippen LogP contribution is 2.36. The van der Waals surface area contributed by atoms with Gasteiger partial charge in [0.15, 0.2) is 0 Å². The van der Waals surface area contributed by atoms with Gasteiger partial charge in [0.2, 0.25) is 0 Å². The van der Waals surface area contributed by atoms with Gasteiger partial charge in [-0.25, -0.2) is 4.98 Å². The molecule has 2 aromatic heterocycles. The van der Waals surface area contributed by atoms with E-state index in [1.165, 1.54) is 9.44 Å². The molecule has 6 heteroatoms. The largest absolute Gasteiger partial charge is 0.480 e. The third kappa shape index (κ3) is 2.45. The minimum Gasteiger partial charge on any atom is -0.480 e. The van der Waals surface area contributed by atoms with Gasteiger partial charge in [0.25, 0.3) is 5.56 Å². The van der Waals surface area contributed by atoms with Crippen molar-refractivity contribution in [3.05, 3.63) is 26.6 Å². The Hall–Kier alpha value is -1.69. The number of rotatable bonds is 3. The molecule has 2 aromatic rings. The molecular weight excluding hydrogens is 300 g/mol. The first-order valence-corrected chi connectivity index (χ1v) is 8.47. The van der Waals surface area contributed by atoms with Crippen molar-refractivity contribution in [2.75, 3.05) is 0 Å². The second kappa shape index (κ2) is 5.50. The molecule has 0 saturated heterocycles. The Labute approximate surface area is 132 Å². The first-order chi connectivity index (χ1) is 10.4. The molecule has 0 radical (unpaired) electrons. The van der Waals surface area contributed by atoms with Crippen molar-refractivity contribution in [3.63, 3.8) is 0 Å². The lowest BCUT2D eigenvalue weighted by Crippen LogP contribution is -2.29. The predicted octanol–water partition coefficient (Wildman–Crippen LogP) is 2.79. The van der Waals surface area contributed by atoms with Crippen LogP contribution in [-0.4, -0.2) is 20.6 Å². The molecule has 0 aromatic carbocycles. The van der Waals surface area contributed by atoms with Gasteiger partial charge >= 0.3 is 5.97 Å². The van der Waals surface area contributed by atoms with Gasteiger partial charge in [-0.15, -0.1) is 11.3 Å². The van der Waals surface area contributed by atoms with Gasteiger partial charge in [-0.3, -0.25) is 14.2 Å². The quantitative estimate of drug-likeness (QED) is 0.944. The number of aryl methyl sites for hydroxylation is 1. The number of carboxylic acids is 1. The lowest BCUT2D eigenvalue weighted by atomic mass is 9.89. The van der Waals surface area contributed by atoms with Crippen LogP contribution in [-0.2, 0) is 24.2 Å². The van der Waals surface area contributed by atoms with Crippen LogP contribution in [0.2, 0.25) is 0 Å². The van der Waals surface area contributed by atoms with Crippen LogP contribution in [0.15, 0.2) is 4.79 Å². The van der Waals surface area contributed by atoms with E-state index in [4.69, 9.17) is 5.11 Å². The number of nitrogens with zero attached hydrogens (tertiary/aromatic N) is 2. The summed E-state index contributed by atoms with van der Waals surface area (Å²) in [4.78, 5) is 30.6. The molecule has 118 valence electrons. The van der Waals surface area contributed by atoms with Crippen LogP contribution < -0.4 is 5.56 Å². The Morgan fingerprint density at radius 3 is 2.86 bits per heavy atom. The minimum atomic E-state index is -1.01. The lowest BCUT2D eigenvalue weighted by molar-refractivity contribution is -0.137. The molecule has 2 heterocycles. The number of aromatic nitrogens is 2. The smallest absolute Gasteiger partial charge is 0.323 e. The van der Waals surface area contributed by atoms with Gasteiger partial charge in [-0.2, -0.15) is 0 Å². The predicted molar refractivity (Wildman–Crippen MR) is 86.8 cm³/mol. The topological polar surface area (TPSA) is 72.2 Å². The summed E-state index contributed by atoms with van der Waals surface area (Å²) >= 11 is 1.60. The summed E-state index contributed by atoms with van der Waals surface area (Å²) < 4.78 is 1.33. The zero-order valence-corrected chi connectivity index (χ0v) is 13.9. The SMILES string of the molecule is CC1CCc2c(sc3nc(C(C)C)n(CC(=O)O)c(=O)c23)C1. The van der Waals surface area contributed by atoms with E-state index >= 15 is 0 Å². The van der Waals surface area contributed by atoms with E-state index in [-0.39, 0.29) is 18.0 Å². The Balaban J connectivity index is 2.29. The first-order valence-electron chi connectivity index (χ1n) is 7.65. The summed E-state index contributed by atoms with van der Waals surface area (Å²) in [6.07, 6.45) is 2.95. The van der Waals surface area contributed by atoms with Crippen LogP contribution >= 0.6 is 11.3 Å². The van der Waals surface area contributed by atoms with Crippen LogP contribution in [0.4, 0.5) is 0 Å². The second-order valence-electron chi connectivity index (χ2n) is 6.44. The van der Waals surface area contributed by atoms with Crippen molar-refractivity contribution in [1.29, 1.82) is 0 Å². The Morgan fingerprint density at radius 2 is 2.23 bits per heavy atom. The van der Waals surface area contributed by atoms with Crippen molar-refractivity contribution >= 4 is 27.5 Å². The summed E-state index contributed by atoms with van der Waals surface area (Å²) in [5, 5.41) is 9.76. The molecule has 1 aliphatic rings. The summed E-state index contributed by atoms with van der Waals surface area (Å²) in [6.45, 7) is 5.77. The van der Waals surface area contributed by atoms with E-state index in [0.717, 1.165) is 29.7 Å². The molecule has 1 aliphatic carbocycles. The Kier molecular flexibility index (Phi) is 3.80. The number of aliphatic carboxylic acids is 1. The first kappa shape index (κ1) is 15.2. The maximum Gasteiger partial charge on any atom is 0.323 e. The molecule has 0 saturated carbocycles. The van der Waals surface area contributed by atoms with E-state index in [2.05, 4.69) is 11.9 Å². The molecule has 0 amide bonds. The van der Waals surface area contributed by atoms with Crippen molar-refractivity contribution in [2.45, 2.75) is 52.5 Å². The van der Waals surface area contributed by atoms with Gasteiger partial charge in [0, 0.05) is 10.8 Å². The molecule has 0 bridgehead atoms. The molecule has 5 nitrogen and oxygen atoms in total. The molecule has 0 spiro atoms. The fourth-order valence-electron chi connectivity index (χ4n) is 3.17. The van der Waals surface area contributed by atoms with E-state index in [0.29, 0.717) is 17.1 Å². The number of fused-ring (bicyclic) bond motifs is 3. The highest BCUT2D eigenvalue weighted by Gasteiger charge is 2.25. The van der Waals surface area contributed by atoms with Crippen LogP contribution in [0, 0.1) is 5.92 Å². The number of carbonyl (C=O) groups is 1. The molecule has 1 N–H and O–H groups in total. The van der Waals surface area contributed by atoms with E-state index in [1.54, 1.807) is 11.3 Å². The number of hydrogen-bond acceptors (Lipinski definition) is 4. The minimum absolute atomic E-state index is 0.00880. The van der Waals surface area contributed by atoms with E-state index in [1.807, 2.05) is 13.8 Å². The Bertz CT molecular complexity index is 804. The summed E-state index contributed by atoms with van der Waals surface area (Å²) in [7, 11) is 0. The maximum atomic E-state index is 12.9. The Morgan fingerprint density at radius 1 is 1.50 bits per heavy atom. The molecule has 0 fully saturated rings. The van der Waals surface area contributed by atoms with Gasteiger partial charge in [0.05, 0.1) is 5.39 Å². The zero-order valence-electron chi connectivity index (χ0n) is 13.0. The fraction of sp³-hybridized carbons (Fsp3) is 0.562. The van der Waals surface area contributed by atoms with Crippen LogP contribution in [0.1, 0.15) is 49.4 Å². The van der Waals surface area contributed by atoms with Crippen LogP contribution in [0.3, 0.4) is 0 Å². The van der Waals surface area contributed by atoms with Gasteiger partial charge in [-0.05, 0) is 30.7 Å². The summed E-state index contributed by atoms with van der Waals surface area (Å²) in [6, 6.07) is 0. The third-order valence-corrected chi connectivity index (χ3v) is 5.40. The summed E-state index contributed by atoms with van der Waals surface area (Å²) in [5.41, 5.74) is 0.910. The normalized spacial score (nSPS) is 17.9. The lowest BCUT2D eigenvalue weighted by Gasteiger charge is -2.18. The highest BCUT2D eigenvalue weighted by molar-refractivity contribution is 7.18.